The highest BCUT2D eigenvalue weighted by atomic mass is 16.5. The van der Waals surface area contributed by atoms with E-state index in [4.69, 9.17) is 9.15 Å². The molecule has 3 rings (SSSR count). The summed E-state index contributed by atoms with van der Waals surface area (Å²) in [5, 5.41) is 9.64. The Morgan fingerprint density at radius 1 is 1.13 bits per heavy atom. The molecule has 168 valence electrons. The summed E-state index contributed by atoms with van der Waals surface area (Å²) in [5.74, 6) is 1.33. The summed E-state index contributed by atoms with van der Waals surface area (Å²) in [6.07, 6.45) is 1.48. The lowest BCUT2D eigenvalue weighted by atomic mass is 10.0. The number of nitrogens with zero attached hydrogens (tertiary/aromatic N) is 2. The second-order valence-electron chi connectivity index (χ2n) is 7.89. The van der Waals surface area contributed by atoms with Crippen LogP contribution in [0.1, 0.15) is 30.0 Å². The fourth-order valence-corrected chi connectivity index (χ4v) is 3.61. The first-order chi connectivity index (χ1) is 15.1. The third kappa shape index (κ3) is 6.83. The van der Waals surface area contributed by atoms with Crippen LogP contribution in [0.5, 0.6) is 0 Å². The van der Waals surface area contributed by atoms with Gasteiger partial charge in [0.15, 0.2) is 11.7 Å². The van der Waals surface area contributed by atoms with Gasteiger partial charge in [-0.15, -0.1) is 0 Å². The highest BCUT2D eigenvalue weighted by molar-refractivity contribution is 6.02. The summed E-state index contributed by atoms with van der Waals surface area (Å²) in [4.78, 5) is 18.9. The number of anilines is 1. The van der Waals surface area contributed by atoms with E-state index in [2.05, 4.69) is 39.7 Å². The molecule has 0 spiro atoms. The van der Waals surface area contributed by atoms with Gasteiger partial charge in [-0.25, -0.2) is 0 Å². The van der Waals surface area contributed by atoms with Crippen LogP contribution < -0.4 is 16.0 Å². The van der Waals surface area contributed by atoms with Gasteiger partial charge in [-0.05, 0) is 35.7 Å². The fourth-order valence-electron chi connectivity index (χ4n) is 3.61. The SMILES string of the molecule is CN=C(NCc1ccc(NC(=O)c2ccco2)cc1)NCC(C(C)C)N1CCOCC1. The van der Waals surface area contributed by atoms with Crippen LogP contribution in [-0.4, -0.2) is 62.7 Å². The molecule has 8 heteroatoms. The van der Waals surface area contributed by atoms with Crippen molar-refractivity contribution in [2.24, 2.45) is 10.9 Å². The largest absolute Gasteiger partial charge is 0.459 e. The Balaban J connectivity index is 1.46. The molecular weight excluding hydrogens is 394 g/mol. The molecule has 31 heavy (non-hydrogen) atoms. The van der Waals surface area contributed by atoms with Gasteiger partial charge < -0.3 is 25.1 Å². The van der Waals surface area contributed by atoms with E-state index in [1.807, 2.05) is 24.3 Å². The lowest BCUT2D eigenvalue weighted by Crippen LogP contribution is -2.52. The quantitative estimate of drug-likeness (QED) is 0.443. The van der Waals surface area contributed by atoms with Crippen LogP contribution in [0.25, 0.3) is 0 Å². The van der Waals surface area contributed by atoms with Gasteiger partial charge in [0.25, 0.3) is 5.91 Å². The van der Waals surface area contributed by atoms with Crippen molar-refractivity contribution in [1.82, 2.24) is 15.5 Å². The van der Waals surface area contributed by atoms with E-state index in [-0.39, 0.29) is 11.7 Å². The van der Waals surface area contributed by atoms with E-state index in [1.54, 1.807) is 19.2 Å². The minimum Gasteiger partial charge on any atom is -0.459 e. The number of benzene rings is 1. The molecule has 2 aromatic rings. The zero-order chi connectivity index (χ0) is 22.1. The average molecular weight is 428 g/mol. The molecule has 1 fully saturated rings. The Kier molecular flexibility index (Phi) is 8.49. The molecule has 8 nitrogen and oxygen atoms in total. The molecule has 1 saturated heterocycles. The Labute approximate surface area is 184 Å². The van der Waals surface area contributed by atoms with Crippen LogP contribution >= 0.6 is 0 Å². The lowest BCUT2D eigenvalue weighted by Gasteiger charge is -2.37. The molecule has 1 aliphatic heterocycles. The number of nitrogens with one attached hydrogen (secondary N) is 3. The second kappa shape index (κ2) is 11.5. The molecular formula is C23H33N5O3. The number of carbonyl (C=O) groups is 1. The summed E-state index contributed by atoms with van der Waals surface area (Å²) < 4.78 is 10.6. The number of carbonyl (C=O) groups excluding carboxylic acids is 1. The highest BCUT2D eigenvalue weighted by Crippen LogP contribution is 2.13. The third-order valence-electron chi connectivity index (χ3n) is 5.40. The summed E-state index contributed by atoms with van der Waals surface area (Å²) in [5.41, 5.74) is 1.81. The van der Waals surface area contributed by atoms with Crippen molar-refractivity contribution in [3.63, 3.8) is 0 Å². The van der Waals surface area contributed by atoms with Crippen molar-refractivity contribution in [2.75, 3.05) is 45.2 Å². The molecule has 0 bridgehead atoms. The molecule has 2 heterocycles. The predicted octanol–water partition coefficient (Wildman–Crippen LogP) is 2.55. The van der Waals surface area contributed by atoms with Gasteiger partial charge in [0, 0.05) is 45.0 Å². The first-order valence-corrected chi connectivity index (χ1v) is 10.8. The first-order valence-electron chi connectivity index (χ1n) is 10.8. The molecule has 0 aliphatic carbocycles. The van der Waals surface area contributed by atoms with Crippen LogP contribution in [0, 0.1) is 5.92 Å². The standard InChI is InChI=1S/C23H33N5O3/c1-17(2)20(28-10-13-30-14-11-28)16-26-23(24-3)25-15-18-6-8-19(9-7-18)27-22(29)21-5-4-12-31-21/h4-9,12,17,20H,10-11,13-16H2,1-3H3,(H,27,29)(H2,24,25,26). The number of morpholine rings is 1. The Morgan fingerprint density at radius 3 is 2.48 bits per heavy atom. The Hall–Kier alpha value is -2.84. The summed E-state index contributed by atoms with van der Waals surface area (Å²) in [6.45, 7) is 9.51. The Bertz CT molecular complexity index is 827. The minimum atomic E-state index is -0.263. The molecule has 1 aromatic carbocycles. The fraction of sp³-hybridized carbons (Fsp3) is 0.478. The van der Waals surface area contributed by atoms with Crippen molar-refractivity contribution >= 4 is 17.6 Å². The third-order valence-corrected chi connectivity index (χ3v) is 5.40. The maximum absolute atomic E-state index is 12.1. The van der Waals surface area contributed by atoms with Crippen molar-refractivity contribution in [2.45, 2.75) is 26.4 Å². The normalized spacial score (nSPS) is 16.2. The second-order valence-corrected chi connectivity index (χ2v) is 7.89. The summed E-state index contributed by atoms with van der Waals surface area (Å²) in [7, 11) is 1.78. The van der Waals surface area contributed by atoms with Gasteiger partial charge in [0.2, 0.25) is 0 Å². The number of furan rings is 1. The number of hydrogen-bond donors (Lipinski definition) is 3. The number of ether oxygens (including phenoxy) is 1. The maximum atomic E-state index is 12.1. The number of aliphatic imine (C=N–C) groups is 1. The van der Waals surface area contributed by atoms with Crippen molar-refractivity contribution in [1.29, 1.82) is 0 Å². The van der Waals surface area contributed by atoms with E-state index in [0.717, 1.165) is 50.1 Å². The van der Waals surface area contributed by atoms with Crippen LogP contribution in [0.4, 0.5) is 5.69 Å². The number of hydrogen-bond acceptors (Lipinski definition) is 5. The number of guanidine groups is 1. The van der Waals surface area contributed by atoms with Crippen LogP contribution in [-0.2, 0) is 11.3 Å². The zero-order valence-corrected chi connectivity index (χ0v) is 18.6. The predicted molar refractivity (Wildman–Crippen MR) is 122 cm³/mol. The first kappa shape index (κ1) is 22.8. The van der Waals surface area contributed by atoms with Gasteiger partial charge in [-0.1, -0.05) is 26.0 Å². The van der Waals surface area contributed by atoms with E-state index >= 15 is 0 Å². The van der Waals surface area contributed by atoms with E-state index in [0.29, 0.717) is 18.5 Å². The van der Waals surface area contributed by atoms with Crippen LogP contribution in [0.2, 0.25) is 0 Å². The van der Waals surface area contributed by atoms with Gasteiger partial charge >= 0.3 is 0 Å². The van der Waals surface area contributed by atoms with Gasteiger partial charge in [0.1, 0.15) is 0 Å². The van der Waals surface area contributed by atoms with E-state index in [1.165, 1.54) is 6.26 Å². The van der Waals surface area contributed by atoms with Gasteiger partial charge in [-0.2, -0.15) is 0 Å². The smallest absolute Gasteiger partial charge is 0.291 e. The van der Waals surface area contributed by atoms with Crippen molar-refractivity contribution in [3.8, 4) is 0 Å². The summed E-state index contributed by atoms with van der Waals surface area (Å²) in [6, 6.07) is 11.5. The monoisotopic (exact) mass is 427 g/mol. The molecule has 1 aromatic heterocycles. The van der Waals surface area contributed by atoms with Crippen molar-refractivity contribution in [3.05, 3.63) is 54.0 Å². The summed E-state index contributed by atoms with van der Waals surface area (Å²) >= 11 is 0. The number of amides is 1. The molecule has 1 unspecified atom stereocenters. The topological polar surface area (TPSA) is 91.1 Å². The lowest BCUT2D eigenvalue weighted by molar-refractivity contribution is 0.00752. The molecule has 1 aliphatic rings. The maximum Gasteiger partial charge on any atom is 0.291 e. The average Bonchev–Trinajstić information content (AvgIpc) is 3.33. The van der Waals surface area contributed by atoms with Crippen molar-refractivity contribution < 1.29 is 13.9 Å². The molecule has 1 atom stereocenters. The molecule has 1 amide bonds. The zero-order valence-electron chi connectivity index (χ0n) is 18.6. The van der Waals surface area contributed by atoms with Gasteiger partial charge in [-0.3, -0.25) is 14.7 Å². The van der Waals surface area contributed by atoms with Crippen LogP contribution in [0.15, 0.2) is 52.1 Å². The van der Waals surface area contributed by atoms with E-state index < -0.39 is 0 Å². The molecule has 3 N–H and O–H groups in total. The molecule has 0 saturated carbocycles. The van der Waals surface area contributed by atoms with Gasteiger partial charge in [0.05, 0.1) is 19.5 Å². The minimum absolute atomic E-state index is 0.263. The Morgan fingerprint density at radius 2 is 1.87 bits per heavy atom. The van der Waals surface area contributed by atoms with Crippen LogP contribution in [0.3, 0.4) is 0 Å². The van der Waals surface area contributed by atoms with E-state index in [9.17, 15) is 4.79 Å². The molecule has 0 radical (unpaired) electrons. The highest BCUT2D eigenvalue weighted by Gasteiger charge is 2.23. The number of rotatable bonds is 8.